The molecule has 0 saturated carbocycles. The summed E-state index contributed by atoms with van der Waals surface area (Å²) in [6, 6.07) is 6.96. The number of aromatic nitrogens is 1. The van der Waals surface area contributed by atoms with E-state index in [2.05, 4.69) is 15.3 Å². The van der Waals surface area contributed by atoms with Gasteiger partial charge in [0.2, 0.25) is 0 Å². The van der Waals surface area contributed by atoms with Crippen molar-refractivity contribution < 1.29 is 14.3 Å². The molecule has 2 heterocycles. The number of rotatable bonds is 7. The molecular formula is C20H25N3O3S. The number of carbonyl (C=O) groups excluding carboxylic acids is 2. The number of carbonyl (C=O) groups is 2. The Labute approximate surface area is 163 Å². The first-order valence-electron chi connectivity index (χ1n) is 9.22. The molecule has 0 atom stereocenters. The van der Waals surface area contributed by atoms with Gasteiger partial charge in [0.05, 0.1) is 10.7 Å². The molecule has 1 fully saturated rings. The van der Waals surface area contributed by atoms with Crippen LogP contribution in [0.1, 0.15) is 34.4 Å². The summed E-state index contributed by atoms with van der Waals surface area (Å²) in [7, 11) is 0. The Morgan fingerprint density at radius 2 is 1.85 bits per heavy atom. The molecule has 1 amide bonds. The van der Waals surface area contributed by atoms with Crippen LogP contribution in [0.4, 0.5) is 0 Å². The third-order valence-corrected chi connectivity index (χ3v) is 5.46. The van der Waals surface area contributed by atoms with E-state index in [1.54, 1.807) is 35.6 Å². The van der Waals surface area contributed by atoms with Gasteiger partial charge in [-0.05, 0) is 31.2 Å². The quantitative estimate of drug-likeness (QED) is 0.684. The number of amides is 1. The van der Waals surface area contributed by atoms with E-state index in [9.17, 15) is 9.59 Å². The Bertz CT molecular complexity index is 780. The fourth-order valence-electron chi connectivity index (χ4n) is 3.04. The lowest BCUT2D eigenvalue weighted by molar-refractivity contribution is -0.135. The molecule has 27 heavy (non-hydrogen) atoms. The van der Waals surface area contributed by atoms with Crippen LogP contribution in [-0.2, 0) is 11.3 Å². The highest BCUT2D eigenvalue weighted by Gasteiger charge is 2.22. The number of ether oxygens (including phenoxy) is 1. The number of nitrogens with zero attached hydrogens (tertiary/aromatic N) is 3. The van der Waals surface area contributed by atoms with Gasteiger partial charge in [0, 0.05) is 50.1 Å². The molecule has 1 aromatic heterocycles. The standard InChI is InChI=1S/C20H25N3O3S/c1-3-19(24)16-4-6-18(7-5-16)26-13-20(25)23-10-8-22(9-11-23)12-17-14-27-15(2)21-17/h4-7,14H,3,8-13H2,1-2H3. The van der Waals surface area contributed by atoms with Crippen molar-refractivity contribution in [2.24, 2.45) is 0 Å². The van der Waals surface area contributed by atoms with Crippen LogP contribution >= 0.6 is 11.3 Å². The molecule has 1 aliphatic rings. The number of hydrogen-bond donors (Lipinski definition) is 0. The van der Waals surface area contributed by atoms with Gasteiger partial charge < -0.3 is 9.64 Å². The van der Waals surface area contributed by atoms with E-state index in [4.69, 9.17) is 4.74 Å². The highest BCUT2D eigenvalue weighted by Crippen LogP contribution is 2.15. The van der Waals surface area contributed by atoms with Crippen LogP contribution in [0, 0.1) is 6.92 Å². The van der Waals surface area contributed by atoms with Gasteiger partial charge in [-0.2, -0.15) is 0 Å². The largest absolute Gasteiger partial charge is 0.484 e. The first-order valence-corrected chi connectivity index (χ1v) is 10.1. The van der Waals surface area contributed by atoms with E-state index in [1.807, 2.05) is 18.7 Å². The zero-order chi connectivity index (χ0) is 19.2. The first-order chi connectivity index (χ1) is 13.0. The zero-order valence-corrected chi connectivity index (χ0v) is 16.6. The van der Waals surface area contributed by atoms with Crippen LogP contribution in [0.2, 0.25) is 0 Å². The van der Waals surface area contributed by atoms with E-state index >= 15 is 0 Å². The number of hydrogen-bond acceptors (Lipinski definition) is 6. The topological polar surface area (TPSA) is 62.7 Å². The van der Waals surface area contributed by atoms with Crippen LogP contribution in [0.5, 0.6) is 5.75 Å². The maximum absolute atomic E-state index is 12.4. The Kier molecular flexibility index (Phi) is 6.58. The third-order valence-electron chi connectivity index (χ3n) is 4.64. The van der Waals surface area contributed by atoms with Crippen molar-refractivity contribution in [2.45, 2.75) is 26.8 Å². The Morgan fingerprint density at radius 3 is 2.44 bits per heavy atom. The molecule has 1 aromatic carbocycles. The molecule has 1 aliphatic heterocycles. The molecule has 7 heteroatoms. The van der Waals surface area contributed by atoms with Crippen LogP contribution in [-0.4, -0.2) is 59.3 Å². The van der Waals surface area contributed by atoms with Crippen molar-refractivity contribution in [3.63, 3.8) is 0 Å². The molecule has 0 N–H and O–H groups in total. The maximum atomic E-state index is 12.4. The van der Waals surface area contributed by atoms with Crippen LogP contribution < -0.4 is 4.74 Å². The molecule has 6 nitrogen and oxygen atoms in total. The minimum Gasteiger partial charge on any atom is -0.484 e. The predicted molar refractivity (Wildman–Crippen MR) is 105 cm³/mol. The minimum atomic E-state index is -0.00661. The molecule has 144 valence electrons. The molecule has 2 aromatic rings. The van der Waals surface area contributed by atoms with Crippen molar-refractivity contribution in [1.82, 2.24) is 14.8 Å². The van der Waals surface area contributed by atoms with E-state index in [0.717, 1.165) is 30.3 Å². The Hall–Kier alpha value is -2.25. The van der Waals surface area contributed by atoms with Gasteiger partial charge in [-0.3, -0.25) is 14.5 Å². The zero-order valence-electron chi connectivity index (χ0n) is 15.8. The van der Waals surface area contributed by atoms with Gasteiger partial charge in [0.15, 0.2) is 12.4 Å². The number of ketones is 1. The summed E-state index contributed by atoms with van der Waals surface area (Å²) < 4.78 is 5.59. The van der Waals surface area contributed by atoms with Gasteiger partial charge in [0.1, 0.15) is 5.75 Å². The second kappa shape index (κ2) is 9.10. The van der Waals surface area contributed by atoms with Gasteiger partial charge >= 0.3 is 0 Å². The number of benzene rings is 1. The molecule has 0 unspecified atom stereocenters. The first kappa shape index (κ1) is 19.5. The Balaban J connectivity index is 1.42. The summed E-state index contributed by atoms with van der Waals surface area (Å²) in [6.07, 6.45) is 0.479. The number of piperazine rings is 1. The van der Waals surface area contributed by atoms with Crippen LogP contribution in [0.15, 0.2) is 29.6 Å². The SMILES string of the molecule is CCC(=O)c1ccc(OCC(=O)N2CCN(Cc3csc(C)n3)CC2)cc1. The molecule has 0 radical (unpaired) electrons. The highest BCUT2D eigenvalue weighted by molar-refractivity contribution is 7.09. The van der Waals surface area contributed by atoms with Gasteiger partial charge in [-0.25, -0.2) is 4.98 Å². The van der Waals surface area contributed by atoms with E-state index in [1.165, 1.54) is 0 Å². The summed E-state index contributed by atoms with van der Waals surface area (Å²) in [5.74, 6) is 0.699. The van der Waals surface area contributed by atoms with E-state index in [0.29, 0.717) is 30.8 Å². The monoisotopic (exact) mass is 387 g/mol. The third kappa shape index (κ3) is 5.37. The van der Waals surface area contributed by atoms with Crippen LogP contribution in [0.3, 0.4) is 0 Å². The summed E-state index contributed by atoms with van der Waals surface area (Å²) in [5.41, 5.74) is 1.77. The molecular weight excluding hydrogens is 362 g/mol. The highest BCUT2D eigenvalue weighted by atomic mass is 32.1. The normalized spacial score (nSPS) is 15.0. The summed E-state index contributed by atoms with van der Waals surface area (Å²) in [6.45, 7) is 7.80. The fourth-order valence-corrected chi connectivity index (χ4v) is 3.65. The summed E-state index contributed by atoms with van der Waals surface area (Å²) >= 11 is 1.67. The lowest BCUT2D eigenvalue weighted by atomic mass is 10.1. The van der Waals surface area contributed by atoms with Crippen molar-refractivity contribution in [1.29, 1.82) is 0 Å². The molecule has 0 bridgehead atoms. The van der Waals surface area contributed by atoms with Crippen molar-refractivity contribution >= 4 is 23.0 Å². The number of aryl methyl sites for hydroxylation is 1. The van der Waals surface area contributed by atoms with Crippen molar-refractivity contribution in [2.75, 3.05) is 32.8 Å². The summed E-state index contributed by atoms with van der Waals surface area (Å²) in [5, 5.41) is 3.18. The van der Waals surface area contributed by atoms with Crippen molar-refractivity contribution in [3.05, 3.63) is 45.9 Å². The minimum absolute atomic E-state index is 0.00661. The molecule has 3 rings (SSSR count). The predicted octanol–water partition coefficient (Wildman–Crippen LogP) is 2.77. The molecule has 0 aliphatic carbocycles. The lowest BCUT2D eigenvalue weighted by Gasteiger charge is -2.34. The van der Waals surface area contributed by atoms with Gasteiger partial charge in [-0.1, -0.05) is 6.92 Å². The maximum Gasteiger partial charge on any atom is 0.260 e. The van der Waals surface area contributed by atoms with Gasteiger partial charge in [0.25, 0.3) is 5.91 Å². The smallest absolute Gasteiger partial charge is 0.260 e. The van der Waals surface area contributed by atoms with Gasteiger partial charge in [-0.15, -0.1) is 11.3 Å². The average molecular weight is 388 g/mol. The molecule has 0 spiro atoms. The van der Waals surface area contributed by atoms with E-state index < -0.39 is 0 Å². The second-order valence-electron chi connectivity index (χ2n) is 6.60. The van der Waals surface area contributed by atoms with Crippen LogP contribution in [0.25, 0.3) is 0 Å². The average Bonchev–Trinajstić information content (AvgIpc) is 3.11. The second-order valence-corrected chi connectivity index (χ2v) is 7.67. The Morgan fingerprint density at radius 1 is 1.15 bits per heavy atom. The lowest BCUT2D eigenvalue weighted by Crippen LogP contribution is -2.49. The number of Topliss-reactive ketones (excluding diaryl/α,β-unsaturated/α-hetero) is 1. The van der Waals surface area contributed by atoms with E-state index in [-0.39, 0.29) is 18.3 Å². The fraction of sp³-hybridized carbons (Fsp3) is 0.450. The van der Waals surface area contributed by atoms with Crippen molar-refractivity contribution in [3.8, 4) is 5.75 Å². The summed E-state index contributed by atoms with van der Waals surface area (Å²) in [4.78, 5) is 32.7. The number of thiazole rings is 1. The molecule has 1 saturated heterocycles.